The summed E-state index contributed by atoms with van der Waals surface area (Å²) in [5.74, 6) is 0. The van der Waals surface area contributed by atoms with E-state index in [0.717, 1.165) is 31.9 Å². The Hall–Kier alpha value is -0.940. The van der Waals surface area contributed by atoms with E-state index >= 15 is 0 Å². The Bertz CT molecular complexity index is 338. The number of morpholine rings is 1. The first-order valence-corrected chi connectivity index (χ1v) is 6.47. The molecule has 0 radical (unpaired) electrons. The van der Waals surface area contributed by atoms with Gasteiger partial charge in [0, 0.05) is 26.1 Å². The van der Waals surface area contributed by atoms with Crippen molar-refractivity contribution >= 4 is 0 Å². The highest BCUT2D eigenvalue weighted by Crippen LogP contribution is 2.18. The third-order valence-corrected chi connectivity index (χ3v) is 3.25. The lowest BCUT2D eigenvalue weighted by Gasteiger charge is -2.29. The second-order valence-corrected chi connectivity index (χ2v) is 4.73. The van der Waals surface area contributed by atoms with Crippen LogP contribution in [0.5, 0.6) is 0 Å². The summed E-state index contributed by atoms with van der Waals surface area (Å²) in [7, 11) is 0. The van der Waals surface area contributed by atoms with Gasteiger partial charge in [-0.1, -0.05) is 30.3 Å². The van der Waals surface area contributed by atoms with E-state index in [1.807, 2.05) is 30.3 Å². The van der Waals surface area contributed by atoms with Crippen molar-refractivity contribution < 1.29 is 14.9 Å². The van der Waals surface area contributed by atoms with E-state index < -0.39 is 12.2 Å². The smallest absolute Gasteiger partial charge is 0.0815 e. The Kier molecular flexibility index (Phi) is 5.13. The summed E-state index contributed by atoms with van der Waals surface area (Å²) >= 11 is 0. The molecule has 2 N–H and O–H groups in total. The van der Waals surface area contributed by atoms with Gasteiger partial charge in [-0.15, -0.1) is 0 Å². The Balaban J connectivity index is 1.78. The van der Waals surface area contributed by atoms with Gasteiger partial charge in [0.1, 0.15) is 0 Å². The summed E-state index contributed by atoms with van der Waals surface area (Å²) < 4.78 is 5.26. The molecular weight excluding hydrogens is 230 g/mol. The van der Waals surface area contributed by atoms with Crippen molar-refractivity contribution in [2.24, 2.45) is 0 Å². The van der Waals surface area contributed by atoms with E-state index in [0.29, 0.717) is 13.0 Å². The number of ether oxygens (including phenoxy) is 1. The molecule has 4 heteroatoms. The minimum absolute atomic E-state index is 0.376. The summed E-state index contributed by atoms with van der Waals surface area (Å²) in [5, 5.41) is 20.0. The number of benzene rings is 1. The fourth-order valence-corrected chi connectivity index (χ4v) is 2.23. The van der Waals surface area contributed by atoms with Gasteiger partial charge < -0.3 is 14.9 Å². The molecule has 1 heterocycles. The first kappa shape index (κ1) is 13.5. The normalized spacial score (nSPS) is 20.6. The van der Waals surface area contributed by atoms with E-state index in [1.165, 1.54) is 0 Å². The summed E-state index contributed by atoms with van der Waals surface area (Å²) in [6.45, 7) is 3.78. The zero-order valence-electron chi connectivity index (χ0n) is 10.5. The van der Waals surface area contributed by atoms with Gasteiger partial charge in [-0.2, -0.15) is 0 Å². The van der Waals surface area contributed by atoms with Gasteiger partial charge in [-0.3, -0.25) is 4.90 Å². The molecule has 0 unspecified atom stereocenters. The number of aliphatic hydroxyl groups excluding tert-OH is 2. The lowest BCUT2D eigenvalue weighted by atomic mass is 10.0. The molecule has 1 saturated heterocycles. The SMILES string of the molecule is O[C@@H](C[C@H](O)c1ccccc1)CN1CCOCC1. The largest absolute Gasteiger partial charge is 0.392 e. The maximum Gasteiger partial charge on any atom is 0.0815 e. The van der Waals surface area contributed by atoms with Crippen molar-refractivity contribution in [3.05, 3.63) is 35.9 Å². The molecule has 1 aromatic rings. The fraction of sp³-hybridized carbons (Fsp3) is 0.571. The number of hydrogen-bond donors (Lipinski definition) is 2. The van der Waals surface area contributed by atoms with Gasteiger partial charge in [0.25, 0.3) is 0 Å². The Morgan fingerprint density at radius 2 is 1.78 bits per heavy atom. The Morgan fingerprint density at radius 1 is 1.11 bits per heavy atom. The van der Waals surface area contributed by atoms with Gasteiger partial charge in [-0.25, -0.2) is 0 Å². The second-order valence-electron chi connectivity index (χ2n) is 4.73. The van der Waals surface area contributed by atoms with E-state index in [4.69, 9.17) is 4.74 Å². The zero-order chi connectivity index (χ0) is 12.8. The van der Waals surface area contributed by atoms with Crippen LogP contribution in [0.3, 0.4) is 0 Å². The molecule has 18 heavy (non-hydrogen) atoms. The molecule has 1 aromatic carbocycles. The van der Waals surface area contributed by atoms with Crippen LogP contribution in [-0.2, 0) is 4.74 Å². The molecule has 100 valence electrons. The van der Waals surface area contributed by atoms with Crippen LogP contribution in [0, 0.1) is 0 Å². The molecule has 1 aliphatic rings. The molecule has 0 bridgehead atoms. The first-order chi connectivity index (χ1) is 8.75. The third-order valence-electron chi connectivity index (χ3n) is 3.25. The van der Waals surface area contributed by atoms with Crippen LogP contribution in [0.2, 0.25) is 0 Å². The highest BCUT2D eigenvalue weighted by molar-refractivity contribution is 5.17. The molecule has 2 atom stereocenters. The molecule has 0 spiro atoms. The predicted octanol–water partition coefficient (Wildman–Crippen LogP) is 0.803. The van der Waals surface area contributed by atoms with Crippen molar-refractivity contribution in [1.82, 2.24) is 4.90 Å². The molecule has 4 nitrogen and oxygen atoms in total. The lowest BCUT2D eigenvalue weighted by Crippen LogP contribution is -2.41. The summed E-state index contributed by atoms with van der Waals surface area (Å²) in [4.78, 5) is 2.17. The molecule has 0 amide bonds. The zero-order valence-corrected chi connectivity index (χ0v) is 10.5. The molecule has 1 aliphatic heterocycles. The van der Waals surface area contributed by atoms with Crippen LogP contribution >= 0.6 is 0 Å². The quantitative estimate of drug-likeness (QED) is 0.813. The second kappa shape index (κ2) is 6.85. The van der Waals surface area contributed by atoms with Gasteiger partial charge >= 0.3 is 0 Å². The minimum atomic E-state index is -0.595. The van der Waals surface area contributed by atoms with E-state index in [9.17, 15) is 10.2 Å². The van der Waals surface area contributed by atoms with Crippen LogP contribution < -0.4 is 0 Å². The van der Waals surface area contributed by atoms with Crippen LogP contribution in [-0.4, -0.2) is 54.1 Å². The minimum Gasteiger partial charge on any atom is -0.392 e. The molecule has 0 saturated carbocycles. The highest BCUT2D eigenvalue weighted by Gasteiger charge is 2.18. The van der Waals surface area contributed by atoms with Crippen molar-refractivity contribution in [3.8, 4) is 0 Å². The van der Waals surface area contributed by atoms with E-state index in [1.54, 1.807) is 0 Å². The van der Waals surface area contributed by atoms with Crippen molar-refractivity contribution in [1.29, 1.82) is 0 Å². The maximum absolute atomic E-state index is 10.0. The average molecular weight is 251 g/mol. The van der Waals surface area contributed by atoms with E-state index in [-0.39, 0.29) is 0 Å². The van der Waals surface area contributed by atoms with Crippen molar-refractivity contribution in [2.75, 3.05) is 32.8 Å². The van der Waals surface area contributed by atoms with E-state index in [2.05, 4.69) is 4.90 Å². The van der Waals surface area contributed by atoms with Crippen LogP contribution in [0.25, 0.3) is 0 Å². The number of hydrogen-bond acceptors (Lipinski definition) is 4. The standard InChI is InChI=1S/C14H21NO3/c16-13(11-15-6-8-18-9-7-15)10-14(17)12-4-2-1-3-5-12/h1-5,13-14,16-17H,6-11H2/t13-,14-/m0/s1. The van der Waals surface area contributed by atoms with Gasteiger partial charge in [0.15, 0.2) is 0 Å². The average Bonchev–Trinajstić information content (AvgIpc) is 2.40. The fourth-order valence-electron chi connectivity index (χ4n) is 2.23. The topological polar surface area (TPSA) is 52.9 Å². The Morgan fingerprint density at radius 3 is 2.44 bits per heavy atom. The third kappa shape index (κ3) is 4.07. The summed E-state index contributed by atoms with van der Waals surface area (Å²) in [5.41, 5.74) is 0.860. The molecule has 1 fully saturated rings. The summed E-state index contributed by atoms with van der Waals surface area (Å²) in [6, 6.07) is 9.47. The van der Waals surface area contributed by atoms with Crippen molar-refractivity contribution in [3.63, 3.8) is 0 Å². The number of β-amino-alcohol motifs (C(OH)–C–C–N with tert-alkyl or cyclic N) is 1. The molecule has 0 aromatic heterocycles. The lowest BCUT2D eigenvalue weighted by molar-refractivity contribution is 0.00216. The van der Waals surface area contributed by atoms with Crippen LogP contribution in [0.4, 0.5) is 0 Å². The molecular formula is C14H21NO3. The van der Waals surface area contributed by atoms with Gasteiger partial charge in [0.2, 0.25) is 0 Å². The molecule has 0 aliphatic carbocycles. The monoisotopic (exact) mass is 251 g/mol. The molecule has 2 rings (SSSR count). The van der Waals surface area contributed by atoms with Crippen LogP contribution in [0.15, 0.2) is 30.3 Å². The van der Waals surface area contributed by atoms with Gasteiger partial charge in [0.05, 0.1) is 25.4 Å². The predicted molar refractivity (Wildman–Crippen MR) is 69.3 cm³/mol. The highest BCUT2D eigenvalue weighted by atomic mass is 16.5. The maximum atomic E-state index is 10.0. The number of nitrogens with zero attached hydrogens (tertiary/aromatic N) is 1. The number of aliphatic hydroxyl groups is 2. The van der Waals surface area contributed by atoms with Crippen LogP contribution in [0.1, 0.15) is 18.1 Å². The first-order valence-electron chi connectivity index (χ1n) is 6.47. The Labute approximate surface area is 108 Å². The number of rotatable bonds is 5. The summed E-state index contributed by atoms with van der Waals surface area (Å²) in [6.07, 6.45) is -0.720. The van der Waals surface area contributed by atoms with Crippen molar-refractivity contribution in [2.45, 2.75) is 18.6 Å². The van der Waals surface area contributed by atoms with Gasteiger partial charge in [-0.05, 0) is 5.56 Å².